The van der Waals surface area contributed by atoms with Gasteiger partial charge in [-0.1, -0.05) is 0 Å². The first-order chi connectivity index (χ1) is 6.33. The summed E-state index contributed by atoms with van der Waals surface area (Å²) in [6, 6.07) is 0. The van der Waals surface area contributed by atoms with Gasteiger partial charge < -0.3 is 4.74 Å². The highest BCUT2D eigenvalue weighted by atomic mass is 16.5. The molecule has 1 rings (SSSR count). The van der Waals surface area contributed by atoms with Gasteiger partial charge >= 0.3 is 0 Å². The summed E-state index contributed by atoms with van der Waals surface area (Å²) in [6.45, 7) is 0.822. The molecule has 0 saturated carbocycles. The van der Waals surface area contributed by atoms with Crippen LogP contribution in [-0.2, 0) is 9.53 Å². The van der Waals surface area contributed by atoms with Crippen LogP contribution in [0.5, 0.6) is 0 Å². The van der Waals surface area contributed by atoms with Crippen molar-refractivity contribution in [1.82, 2.24) is 0 Å². The smallest absolute Gasteiger partial charge is 0.135 e. The molecule has 13 heavy (non-hydrogen) atoms. The average molecular weight is 180 g/mol. The largest absolute Gasteiger partial charge is 0.378 e. The minimum absolute atomic E-state index is 0.193. The molecule has 1 fully saturated rings. The van der Waals surface area contributed by atoms with E-state index in [0.29, 0.717) is 25.0 Å². The number of hydrogen-bond donors (Lipinski definition) is 0. The molecule has 0 aliphatic carbocycles. The van der Waals surface area contributed by atoms with Crippen LogP contribution >= 0.6 is 0 Å². The van der Waals surface area contributed by atoms with Gasteiger partial charge in [-0.15, -0.1) is 12.3 Å². The number of Topliss-reactive ketones (excluding diaryl/α,β-unsaturated/α-hetero) is 1. The predicted octanol–water partition coefficient (Wildman–Crippen LogP) is 1.93. The third-order valence-corrected chi connectivity index (χ3v) is 2.26. The first-order valence-electron chi connectivity index (χ1n) is 4.89. The lowest BCUT2D eigenvalue weighted by molar-refractivity contribution is -0.121. The fourth-order valence-corrected chi connectivity index (χ4v) is 1.55. The Hall–Kier alpha value is -0.810. The highest BCUT2D eigenvalue weighted by molar-refractivity contribution is 5.78. The van der Waals surface area contributed by atoms with E-state index in [2.05, 4.69) is 5.92 Å². The lowest BCUT2D eigenvalue weighted by atomic mass is 10.1. The van der Waals surface area contributed by atoms with Crippen molar-refractivity contribution in [2.24, 2.45) is 0 Å². The van der Waals surface area contributed by atoms with E-state index in [1.54, 1.807) is 0 Å². The van der Waals surface area contributed by atoms with Crippen LogP contribution in [0.3, 0.4) is 0 Å². The predicted molar refractivity (Wildman–Crippen MR) is 51.3 cm³/mol. The van der Waals surface area contributed by atoms with Gasteiger partial charge in [0, 0.05) is 25.9 Å². The third kappa shape index (κ3) is 4.10. The maximum atomic E-state index is 11.3. The van der Waals surface area contributed by atoms with Crippen molar-refractivity contribution in [1.29, 1.82) is 0 Å². The fourth-order valence-electron chi connectivity index (χ4n) is 1.55. The van der Waals surface area contributed by atoms with Crippen LogP contribution in [0.2, 0.25) is 0 Å². The second-order valence-electron chi connectivity index (χ2n) is 3.44. The number of hydrogen-bond acceptors (Lipinski definition) is 2. The van der Waals surface area contributed by atoms with Crippen LogP contribution in [0.15, 0.2) is 0 Å². The molecule has 0 aromatic heterocycles. The lowest BCUT2D eigenvalue weighted by Gasteiger charge is -2.06. The third-order valence-electron chi connectivity index (χ3n) is 2.26. The molecule has 0 amide bonds. The van der Waals surface area contributed by atoms with Gasteiger partial charge in [0.05, 0.1) is 6.10 Å². The second-order valence-corrected chi connectivity index (χ2v) is 3.44. The molecule has 2 nitrogen and oxygen atoms in total. The van der Waals surface area contributed by atoms with Gasteiger partial charge in [-0.3, -0.25) is 4.79 Å². The number of ketones is 1. The summed E-state index contributed by atoms with van der Waals surface area (Å²) in [5.74, 6) is 2.83. The van der Waals surface area contributed by atoms with Gasteiger partial charge in [0.2, 0.25) is 0 Å². The minimum Gasteiger partial charge on any atom is -0.378 e. The van der Waals surface area contributed by atoms with E-state index in [1.165, 1.54) is 0 Å². The van der Waals surface area contributed by atoms with Crippen molar-refractivity contribution >= 4 is 5.78 Å². The van der Waals surface area contributed by atoms with Crippen molar-refractivity contribution in [3.63, 3.8) is 0 Å². The lowest BCUT2D eigenvalue weighted by Crippen LogP contribution is -2.12. The van der Waals surface area contributed by atoms with Crippen molar-refractivity contribution in [3.8, 4) is 12.3 Å². The number of rotatable bonds is 5. The van der Waals surface area contributed by atoms with Crippen LogP contribution in [0.25, 0.3) is 0 Å². The monoisotopic (exact) mass is 180 g/mol. The summed E-state index contributed by atoms with van der Waals surface area (Å²) in [6.07, 6.45) is 10.2. The van der Waals surface area contributed by atoms with Crippen molar-refractivity contribution < 1.29 is 9.53 Å². The molecule has 0 N–H and O–H groups in total. The van der Waals surface area contributed by atoms with Crippen LogP contribution in [-0.4, -0.2) is 18.5 Å². The molecule has 1 atom stereocenters. The Kier molecular flexibility index (Phi) is 4.56. The summed E-state index contributed by atoms with van der Waals surface area (Å²) in [5, 5.41) is 0. The van der Waals surface area contributed by atoms with Gasteiger partial charge in [0.15, 0.2) is 0 Å². The second kappa shape index (κ2) is 5.77. The summed E-state index contributed by atoms with van der Waals surface area (Å²) in [7, 11) is 0. The Morgan fingerprint density at radius 1 is 1.62 bits per heavy atom. The molecule has 72 valence electrons. The SMILES string of the molecule is C#CCCCC(=O)CC1CCCO1. The molecular formula is C11H16O2. The van der Waals surface area contributed by atoms with E-state index in [0.717, 1.165) is 25.9 Å². The summed E-state index contributed by atoms with van der Waals surface area (Å²) in [5.41, 5.74) is 0. The molecule has 1 heterocycles. The van der Waals surface area contributed by atoms with E-state index in [4.69, 9.17) is 11.2 Å². The normalized spacial score (nSPS) is 21.3. The van der Waals surface area contributed by atoms with E-state index in [9.17, 15) is 4.79 Å². The molecule has 0 radical (unpaired) electrons. The van der Waals surface area contributed by atoms with Crippen LogP contribution in [0, 0.1) is 12.3 Å². The quantitative estimate of drug-likeness (QED) is 0.477. The number of unbranched alkanes of at least 4 members (excludes halogenated alkanes) is 1. The number of carbonyl (C=O) groups is 1. The van der Waals surface area contributed by atoms with Crippen LogP contribution < -0.4 is 0 Å². The maximum Gasteiger partial charge on any atom is 0.135 e. The zero-order valence-electron chi connectivity index (χ0n) is 7.92. The molecule has 0 spiro atoms. The van der Waals surface area contributed by atoms with Crippen LogP contribution in [0.4, 0.5) is 0 Å². The minimum atomic E-state index is 0.193. The maximum absolute atomic E-state index is 11.3. The molecule has 1 saturated heterocycles. The van der Waals surface area contributed by atoms with Crippen molar-refractivity contribution in [3.05, 3.63) is 0 Å². The van der Waals surface area contributed by atoms with E-state index >= 15 is 0 Å². The molecular weight excluding hydrogens is 164 g/mol. The molecule has 0 aromatic carbocycles. The molecule has 2 heteroatoms. The highest BCUT2D eigenvalue weighted by Crippen LogP contribution is 2.16. The zero-order valence-corrected chi connectivity index (χ0v) is 7.92. The highest BCUT2D eigenvalue weighted by Gasteiger charge is 2.18. The Morgan fingerprint density at radius 2 is 2.46 bits per heavy atom. The summed E-state index contributed by atoms with van der Waals surface area (Å²) >= 11 is 0. The van der Waals surface area contributed by atoms with E-state index in [-0.39, 0.29) is 6.10 Å². The van der Waals surface area contributed by atoms with E-state index < -0.39 is 0 Å². The number of carbonyl (C=O) groups excluding carboxylic acids is 1. The summed E-state index contributed by atoms with van der Waals surface area (Å²) in [4.78, 5) is 11.3. The standard InChI is InChI=1S/C11H16O2/c1-2-3-4-6-10(12)9-11-7-5-8-13-11/h1,11H,3-9H2. The first kappa shape index (κ1) is 10.3. The Morgan fingerprint density at radius 3 is 3.08 bits per heavy atom. The Labute approximate surface area is 79.7 Å². The van der Waals surface area contributed by atoms with Crippen LogP contribution in [0.1, 0.15) is 38.5 Å². The average Bonchev–Trinajstić information content (AvgIpc) is 2.57. The Bertz CT molecular complexity index is 197. The zero-order chi connectivity index (χ0) is 9.52. The summed E-state index contributed by atoms with van der Waals surface area (Å²) < 4.78 is 5.37. The van der Waals surface area contributed by atoms with Gasteiger partial charge in [0.1, 0.15) is 5.78 Å². The molecule has 1 aliphatic heterocycles. The van der Waals surface area contributed by atoms with Crippen molar-refractivity contribution in [2.75, 3.05) is 6.61 Å². The first-order valence-corrected chi connectivity index (χ1v) is 4.89. The number of ether oxygens (including phenoxy) is 1. The fraction of sp³-hybridized carbons (Fsp3) is 0.727. The van der Waals surface area contributed by atoms with Gasteiger partial charge in [-0.25, -0.2) is 0 Å². The molecule has 0 bridgehead atoms. The Balaban J connectivity index is 2.07. The molecule has 0 aromatic rings. The molecule has 1 aliphatic rings. The molecule has 1 unspecified atom stereocenters. The van der Waals surface area contributed by atoms with E-state index in [1.807, 2.05) is 0 Å². The van der Waals surface area contributed by atoms with Gasteiger partial charge in [-0.2, -0.15) is 0 Å². The van der Waals surface area contributed by atoms with Gasteiger partial charge in [0.25, 0.3) is 0 Å². The number of terminal acetylenes is 1. The topological polar surface area (TPSA) is 26.3 Å². The van der Waals surface area contributed by atoms with Crippen molar-refractivity contribution in [2.45, 2.75) is 44.6 Å². The van der Waals surface area contributed by atoms with Gasteiger partial charge in [-0.05, 0) is 19.3 Å².